The van der Waals surface area contributed by atoms with Crippen LogP contribution in [0.4, 0.5) is 10.4 Å². The predicted molar refractivity (Wildman–Crippen MR) is 83.9 cm³/mol. The summed E-state index contributed by atoms with van der Waals surface area (Å²) in [7, 11) is 0. The first kappa shape index (κ1) is 14.1. The minimum atomic E-state index is -0.547. The monoisotopic (exact) mass is 323 g/mol. The van der Waals surface area contributed by atoms with Gasteiger partial charge in [0, 0.05) is 10.9 Å². The van der Waals surface area contributed by atoms with E-state index in [-0.39, 0.29) is 17.5 Å². The number of rotatable bonds is 3. The maximum Gasteiger partial charge on any atom is 0.322 e. The number of benzene rings is 2. The zero-order valence-corrected chi connectivity index (χ0v) is 12.2. The van der Waals surface area contributed by atoms with Crippen LogP contribution in [0.1, 0.15) is 10.4 Å². The summed E-state index contributed by atoms with van der Waals surface area (Å²) in [6.07, 6.45) is 0. The van der Waals surface area contributed by atoms with Crippen molar-refractivity contribution in [3.63, 3.8) is 0 Å². The quantitative estimate of drug-likeness (QED) is 0.619. The van der Waals surface area contributed by atoms with Crippen LogP contribution in [0.2, 0.25) is 0 Å². The number of carbonyl (C=O) groups excluding carboxylic acids is 1. The van der Waals surface area contributed by atoms with Gasteiger partial charge >= 0.3 is 6.01 Å². The van der Waals surface area contributed by atoms with Crippen molar-refractivity contribution in [2.45, 2.75) is 0 Å². The Kier molecular flexibility index (Phi) is 3.31. The molecule has 0 aliphatic heterocycles. The highest BCUT2D eigenvalue weighted by Crippen LogP contribution is 2.27. The Morgan fingerprint density at radius 2 is 1.88 bits per heavy atom. The molecule has 4 rings (SSSR count). The Morgan fingerprint density at radius 3 is 2.71 bits per heavy atom. The molecular weight excluding hydrogens is 313 g/mol. The molecule has 0 bridgehead atoms. The van der Waals surface area contributed by atoms with Crippen LogP contribution in [0.5, 0.6) is 0 Å². The van der Waals surface area contributed by atoms with Crippen molar-refractivity contribution in [2.75, 3.05) is 5.32 Å². The fourth-order valence-electron chi connectivity index (χ4n) is 2.26. The molecular formula is C17H10FN3O3. The van der Waals surface area contributed by atoms with Crippen molar-refractivity contribution in [3.05, 3.63) is 66.0 Å². The Labute approximate surface area is 134 Å². The largest absolute Gasteiger partial charge is 0.451 e. The van der Waals surface area contributed by atoms with Crippen LogP contribution >= 0.6 is 0 Å². The second-order valence-corrected chi connectivity index (χ2v) is 5.03. The van der Waals surface area contributed by atoms with Crippen LogP contribution in [0.3, 0.4) is 0 Å². The third-order valence-corrected chi connectivity index (χ3v) is 3.37. The highest BCUT2D eigenvalue weighted by atomic mass is 19.1. The standard InChI is InChI=1S/C17H10FN3O3/c18-12-6-3-5-11(8-12)15(22)19-17-21-20-16(24-17)14-9-10-4-1-2-7-13(10)23-14/h1-9H,(H,19,21,22). The molecule has 0 atom stereocenters. The maximum absolute atomic E-state index is 13.1. The van der Waals surface area contributed by atoms with Gasteiger partial charge < -0.3 is 8.83 Å². The van der Waals surface area contributed by atoms with E-state index in [2.05, 4.69) is 15.5 Å². The summed E-state index contributed by atoms with van der Waals surface area (Å²) in [6, 6.07) is 14.4. The van der Waals surface area contributed by atoms with Gasteiger partial charge in [-0.15, -0.1) is 5.10 Å². The van der Waals surface area contributed by atoms with Gasteiger partial charge in [0.05, 0.1) is 0 Å². The molecule has 0 radical (unpaired) electrons. The first-order valence-corrected chi connectivity index (χ1v) is 7.08. The number of carbonyl (C=O) groups is 1. The molecule has 4 aromatic rings. The molecule has 2 aromatic heterocycles. The van der Waals surface area contributed by atoms with E-state index in [0.29, 0.717) is 11.3 Å². The van der Waals surface area contributed by atoms with Gasteiger partial charge in [0.15, 0.2) is 5.76 Å². The van der Waals surface area contributed by atoms with Crippen LogP contribution in [0.25, 0.3) is 22.6 Å². The molecule has 2 heterocycles. The van der Waals surface area contributed by atoms with E-state index in [9.17, 15) is 9.18 Å². The Hall–Kier alpha value is -3.48. The van der Waals surface area contributed by atoms with Crippen LogP contribution in [0.15, 0.2) is 63.4 Å². The number of aromatic nitrogens is 2. The number of anilines is 1. The maximum atomic E-state index is 13.1. The van der Waals surface area contributed by atoms with Crippen LogP contribution in [0, 0.1) is 5.82 Å². The number of fused-ring (bicyclic) bond motifs is 1. The second kappa shape index (κ2) is 5.62. The van der Waals surface area contributed by atoms with Gasteiger partial charge in [-0.3, -0.25) is 10.1 Å². The lowest BCUT2D eigenvalue weighted by molar-refractivity contribution is 0.102. The molecule has 7 heteroatoms. The molecule has 0 aliphatic rings. The zero-order chi connectivity index (χ0) is 16.5. The highest BCUT2D eigenvalue weighted by molar-refractivity contribution is 6.03. The van der Waals surface area contributed by atoms with Gasteiger partial charge in [0.1, 0.15) is 11.4 Å². The number of amides is 1. The molecule has 2 aromatic carbocycles. The third-order valence-electron chi connectivity index (χ3n) is 3.37. The van der Waals surface area contributed by atoms with Crippen molar-refractivity contribution >= 4 is 22.9 Å². The molecule has 0 saturated heterocycles. The Morgan fingerprint density at radius 1 is 1.00 bits per heavy atom. The highest BCUT2D eigenvalue weighted by Gasteiger charge is 2.16. The summed E-state index contributed by atoms with van der Waals surface area (Å²) in [6.45, 7) is 0. The Bertz CT molecular complexity index is 1010. The van der Waals surface area contributed by atoms with E-state index in [1.54, 1.807) is 6.07 Å². The van der Waals surface area contributed by atoms with Gasteiger partial charge in [0.25, 0.3) is 11.8 Å². The summed E-state index contributed by atoms with van der Waals surface area (Å²) in [5.41, 5.74) is 0.842. The lowest BCUT2D eigenvalue weighted by Gasteiger charge is -1.99. The predicted octanol–water partition coefficient (Wildman–Crippen LogP) is 3.87. The topological polar surface area (TPSA) is 81.2 Å². The van der Waals surface area contributed by atoms with E-state index >= 15 is 0 Å². The van der Waals surface area contributed by atoms with Crippen LogP contribution in [-0.4, -0.2) is 16.1 Å². The van der Waals surface area contributed by atoms with Crippen molar-refractivity contribution in [1.82, 2.24) is 10.2 Å². The second-order valence-electron chi connectivity index (χ2n) is 5.03. The fraction of sp³-hybridized carbons (Fsp3) is 0. The summed E-state index contributed by atoms with van der Waals surface area (Å²) in [5, 5.41) is 10.9. The molecule has 6 nitrogen and oxygen atoms in total. The summed E-state index contributed by atoms with van der Waals surface area (Å²) >= 11 is 0. The molecule has 0 saturated carbocycles. The van der Waals surface area contributed by atoms with Crippen molar-refractivity contribution < 1.29 is 18.0 Å². The lowest BCUT2D eigenvalue weighted by Crippen LogP contribution is -2.12. The molecule has 0 fully saturated rings. The smallest absolute Gasteiger partial charge is 0.322 e. The number of nitrogens with zero attached hydrogens (tertiary/aromatic N) is 2. The first-order valence-electron chi connectivity index (χ1n) is 7.08. The van der Waals surface area contributed by atoms with Crippen LogP contribution in [-0.2, 0) is 0 Å². The molecule has 1 amide bonds. The molecule has 118 valence electrons. The number of para-hydroxylation sites is 1. The number of halogens is 1. The molecule has 0 unspecified atom stereocenters. The van der Waals surface area contributed by atoms with Gasteiger partial charge in [-0.2, -0.15) is 0 Å². The van der Waals surface area contributed by atoms with Crippen molar-refractivity contribution in [1.29, 1.82) is 0 Å². The summed E-state index contributed by atoms with van der Waals surface area (Å²) < 4.78 is 24.1. The Balaban J connectivity index is 1.57. The third kappa shape index (κ3) is 2.63. The average molecular weight is 323 g/mol. The normalized spacial score (nSPS) is 10.9. The van der Waals surface area contributed by atoms with E-state index < -0.39 is 11.7 Å². The summed E-state index contributed by atoms with van der Waals surface area (Å²) in [5.74, 6) is -0.513. The summed E-state index contributed by atoms with van der Waals surface area (Å²) in [4.78, 5) is 12.0. The van der Waals surface area contributed by atoms with Gasteiger partial charge in [0.2, 0.25) is 0 Å². The molecule has 1 N–H and O–H groups in total. The SMILES string of the molecule is O=C(Nc1nnc(-c2cc3ccccc3o2)o1)c1cccc(F)c1. The van der Waals surface area contributed by atoms with Crippen molar-refractivity contribution in [2.24, 2.45) is 0 Å². The number of hydrogen-bond acceptors (Lipinski definition) is 5. The van der Waals surface area contributed by atoms with Gasteiger partial charge in [-0.25, -0.2) is 4.39 Å². The minimum Gasteiger partial charge on any atom is -0.451 e. The number of hydrogen-bond donors (Lipinski definition) is 1. The minimum absolute atomic E-state index is 0.0975. The molecule has 0 spiro atoms. The zero-order valence-electron chi connectivity index (χ0n) is 12.2. The average Bonchev–Trinajstić information content (AvgIpc) is 3.21. The molecule has 0 aliphatic carbocycles. The number of nitrogens with one attached hydrogen (secondary N) is 1. The van der Waals surface area contributed by atoms with Gasteiger partial charge in [-0.05, 0) is 30.3 Å². The van der Waals surface area contributed by atoms with E-state index in [1.807, 2.05) is 24.3 Å². The van der Waals surface area contributed by atoms with E-state index in [4.69, 9.17) is 8.83 Å². The molecule has 24 heavy (non-hydrogen) atoms. The van der Waals surface area contributed by atoms with Gasteiger partial charge in [-0.1, -0.05) is 29.4 Å². The first-order chi connectivity index (χ1) is 11.7. The number of furan rings is 1. The van der Waals surface area contributed by atoms with E-state index in [0.717, 1.165) is 11.5 Å². The van der Waals surface area contributed by atoms with Crippen LogP contribution < -0.4 is 5.32 Å². The fourth-order valence-corrected chi connectivity index (χ4v) is 2.26. The van der Waals surface area contributed by atoms with E-state index in [1.165, 1.54) is 18.2 Å². The lowest BCUT2D eigenvalue weighted by atomic mass is 10.2. The van der Waals surface area contributed by atoms with Crippen molar-refractivity contribution in [3.8, 4) is 11.7 Å².